The van der Waals surface area contributed by atoms with Gasteiger partial charge in [0.25, 0.3) is 11.8 Å². The largest absolute Gasteiger partial charge is 0.384 e. The van der Waals surface area contributed by atoms with E-state index in [0.717, 1.165) is 4.90 Å². The molecule has 6 nitrogen and oxygen atoms in total. The van der Waals surface area contributed by atoms with Gasteiger partial charge in [-0.1, -0.05) is 0 Å². The van der Waals surface area contributed by atoms with Crippen LogP contribution < -0.4 is 10.6 Å². The molecule has 1 aliphatic rings. The number of aromatic nitrogens is 1. The summed E-state index contributed by atoms with van der Waals surface area (Å²) >= 11 is 0. The van der Waals surface area contributed by atoms with Gasteiger partial charge in [-0.25, -0.2) is 9.88 Å². The predicted octanol–water partition coefficient (Wildman–Crippen LogP) is -0.446. The molecule has 1 saturated heterocycles. The topological polar surface area (TPSA) is 85.5 Å². The summed E-state index contributed by atoms with van der Waals surface area (Å²) in [4.78, 5) is 27.7. The van der Waals surface area contributed by atoms with Crippen LogP contribution in [0.3, 0.4) is 0 Å². The Bertz CT molecular complexity index is 386. The zero-order valence-corrected chi connectivity index (χ0v) is 7.84. The van der Waals surface area contributed by atoms with Gasteiger partial charge in [-0.3, -0.25) is 9.59 Å². The lowest BCUT2D eigenvalue weighted by Gasteiger charge is -2.24. The monoisotopic (exact) mass is 207 g/mol. The number of carbonyl (C=O) groups excluding carboxylic acids is 2. The maximum atomic E-state index is 11.4. The van der Waals surface area contributed by atoms with E-state index in [2.05, 4.69) is 4.98 Å². The minimum absolute atomic E-state index is 0.0872. The normalized spacial score (nSPS) is 16.9. The van der Waals surface area contributed by atoms with E-state index in [-0.39, 0.29) is 13.2 Å². The molecule has 0 unspecified atom stereocenters. The van der Waals surface area contributed by atoms with Gasteiger partial charge in [0.1, 0.15) is 19.0 Å². The van der Waals surface area contributed by atoms with Crippen molar-refractivity contribution < 1.29 is 14.3 Å². The number of pyridine rings is 1. The number of rotatable bonds is 1. The van der Waals surface area contributed by atoms with Gasteiger partial charge in [0.05, 0.1) is 11.9 Å². The maximum Gasteiger partial charge on any atom is 0.259 e. The molecule has 2 amide bonds. The molecule has 6 heteroatoms. The van der Waals surface area contributed by atoms with Crippen LogP contribution in [0.4, 0.5) is 11.5 Å². The molecule has 78 valence electrons. The third-order valence-electron chi connectivity index (χ3n) is 1.98. The highest BCUT2D eigenvalue weighted by Crippen LogP contribution is 2.16. The summed E-state index contributed by atoms with van der Waals surface area (Å²) in [6, 6.07) is 3.11. The average molecular weight is 207 g/mol. The minimum Gasteiger partial charge on any atom is -0.384 e. The Hall–Kier alpha value is -1.95. The van der Waals surface area contributed by atoms with Crippen LogP contribution in [0.15, 0.2) is 18.3 Å². The van der Waals surface area contributed by atoms with Crippen molar-refractivity contribution in [1.82, 2.24) is 4.98 Å². The summed E-state index contributed by atoms with van der Waals surface area (Å²) in [5.74, 6) is -0.442. The fraction of sp³-hybridized carbons (Fsp3) is 0.222. The molecular weight excluding hydrogens is 198 g/mol. The van der Waals surface area contributed by atoms with Gasteiger partial charge in [-0.05, 0) is 12.1 Å². The summed E-state index contributed by atoms with van der Waals surface area (Å²) in [5.41, 5.74) is 5.82. The van der Waals surface area contributed by atoms with Gasteiger partial charge < -0.3 is 10.5 Å². The second-order valence-corrected chi connectivity index (χ2v) is 3.06. The molecule has 0 atom stereocenters. The molecule has 2 N–H and O–H groups in total. The van der Waals surface area contributed by atoms with Crippen molar-refractivity contribution >= 4 is 23.3 Å². The van der Waals surface area contributed by atoms with E-state index < -0.39 is 11.8 Å². The van der Waals surface area contributed by atoms with Crippen LogP contribution in [-0.4, -0.2) is 30.0 Å². The summed E-state index contributed by atoms with van der Waals surface area (Å²) in [6.07, 6.45) is 1.39. The zero-order valence-electron chi connectivity index (χ0n) is 7.84. The molecule has 1 fully saturated rings. The van der Waals surface area contributed by atoms with Crippen molar-refractivity contribution in [2.24, 2.45) is 0 Å². The van der Waals surface area contributed by atoms with Crippen molar-refractivity contribution in [3.05, 3.63) is 18.3 Å². The molecule has 0 bridgehead atoms. The highest BCUT2D eigenvalue weighted by atomic mass is 16.5. The fourth-order valence-corrected chi connectivity index (χ4v) is 1.31. The first-order valence-electron chi connectivity index (χ1n) is 4.33. The molecule has 1 aromatic heterocycles. The first-order valence-corrected chi connectivity index (χ1v) is 4.33. The molecule has 0 radical (unpaired) electrons. The minimum atomic E-state index is -0.391. The van der Waals surface area contributed by atoms with E-state index in [1.807, 2.05) is 0 Å². The van der Waals surface area contributed by atoms with Crippen LogP contribution in [0, 0.1) is 0 Å². The molecule has 0 spiro atoms. The summed E-state index contributed by atoms with van der Waals surface area (Å²) in [5, 5.41) is 0. The Morgan fingerprint density at radius 2 is 1.93 bits per heavy atom. The van der Waals surface area contributed by atoms with Gasteiger partial charge in [0, 0.05) is 0 Å². The van der Waals surface area contributed by atoms with Crippen molar-refractivity contribution in [3.8, 4) is 0 Å². The number of nitrogens with two attached hydrogens (primary N) is 1. The number of nitrogens with zero attached hydrogens (tertiary/aromatic N) is 2. The van der Waals surface area contributed by atoms with E-state index in [1.54, 1.807) is 6.07 Å². The third kappa shape index (κ3) is 1.79. The molecule has 0 aliphatic carbocycles. The highest BCUT2D eigenvalue weighted by Gasteiger charge is 2.28. The fourth-order valence-electron chi connectivity index (χ4n) is 1.31. The molecule has 15 heavy (non-hydrogen) atoms. The first-order chi connectivity index (χ1) is 7.18. The summed E-state index contributed by atoms with van der Waals surface area (Å²) in [6.45, 7) is -0.174. The van der Waals surface area contributed by atoms with Crippen molar-refractivity contribution in [2.45, 2.75) is 0 Å². The molecule has 2 heterocycles. The van der Waals surface area contributed by atoms with Gasteiger partial charge in [0.2, 0.25) is 0 Å². The maximum absolute atomic E-state index is 11.4. The number of morpholine rings is 1. The number of hydrogen-bond donors (Lipinski definition) is 1. The molecule has 1 aromatic rings. The number of hydrogen-bond acceptors (Lipinski definition) is 5. The van der Waals surface area contributed by atoms with Crippen LogP contribution >= 0.6 is 0 Å². The Kier molecular flexibility index (Phi) is 2.34. The standard InChI is InChI=1S/C9H9N3O3/c10-7-2-1-6(3-11-7)12-8(13)4-15-5-9(12)14/h1-3H,4-5H2,(H2,10,11). The summed E-state index contributed by atoms with van der Waals surface area (Å²) in [7, 11) is 0. The second-order valence-electron chi connectivity index (χ2n) is 3.06. The van der Waals surface area contributed by atoms with Crippen LogP contribution in [0.1, 0.15) is 0 Å². The van der Waals surface area contributed by atoms with Crippen molar-refractivity contribution in [2.75, 3.05) is 23.8 Å². The van der Waals surface area contributed by atoms with E-state index in [0.29, 0.717) is 11.5 Å². The smallest absolute Gasteiger partial charge is 0.259 e. The Balaban J connectivity index is 2.31. The second kappa shape index (κ2) is 3.66. The Labute approximate surface area is 85.6 Å². The van der Waals surface area contributed by atoms with Crippen LogP contribution in [-0.2, 0) is 14.3 Å². The Morgan fingerprint density at radius 1 is 1.27 bits per heavy atom. The van der Waals surface area contributed by atoms with E-state index >= 15 is 0 Å². The lowest BCUT2D eigenvalue weighted by Crippen LogP contribution is -2.46. The number of ether oxygens (including phenoxy) is 1. The number of nitrogen functional groups attached to an aromatic ring is 1. The SMILES string of the molecule is Nc1ccc(N2C(=O)COCC2=O)cn1. The van der Waals surface area contributed by atoms with Gasteiger partial charge in [-0.15, -0.1) is 0 Å². The third-order valence-corrected chi connectivity index (χ3v) is 1.98. The molecule has 0 saturated carbocycles. The molecule has 2 rings (SSSR count). The van der Waals surface area contributed by atoms with E-state index in [4.69, 9.17) is 10.5 Å². The number of imide groups is 1. The quantitative estimate of drug-likeness (QED) is 0.630. The molecular formula is C9H9N3O3. The highest BCUT2D eigenvalue weighted by molar-refractivity contribution is 6.16. The lowest BCUT2D eigenvalue weighted by atomic mass is 10.3. The predicted molar refractivity (Wildman–Crippen MR) is 52.0 cm³/mol. The van der Waals surface area contributed by atoms with Crippen LogP contribution in [0.25, 0.3) is 0 Å². The van der Waals surface area contributed by atoms with E-state index in [1.165, 1.54) is 12.3 Å². The number of anilines is 2. The number of amides is 2. The zero-order chi connectivity index (χ0) is 10.8. The van der Waals surface area contributed by atoms with Crippen molar-refractivity contribution in [1.29, 1.82) is 0 Å². The van der Waals surface area contributed by atoms with E-state index in [9.17, 15) is 9.59 Å². The first kappa shape index (κ1) is 9.60. The van der Waals surface area contributed by atoms with Crippen LogP contribution in [0.5, 0.6) is 0 Å². The Morgan fingerprint density at radius 3 is 2.47 bits per heavy atom. The summed E-state index contributed by atoms with van der Waals surface area (Å²) < 4.78 is 4.78. The van der Waals surface area contributed by atoms with Gasteiger partial charge in [0.15, 0.2) is 0 Å². The van der Waals surface area contributed by atoms with Gasteiger partial charge >= 0.3 is 0 Å². The van der Waals surface area contributed by atoms with Crippen LogP contribution in [0.2, 0.25) is 0 Å². The molecule has 0 aromatic carbocycles. The average Bonchev–Trinajstić information content (AvgIpc) is 2.20. The number of carbonyl (C=O) groups is 2. The van der Waals surface area contributed by atoms with Gasteiger partial charge in [-0.2, -0.15) is 0 Å². The van der Waals surface area contributed by atoms with Crippen molar-refractivity contribution in [3.63, 3.8) is 0 Å². The lowest BCUT2D eigenvalue weighted by molar-refractivity contribution is -0.138. The molecule has 1 aliphatic heterocycles.